The van der Waals surface area contributed by atoms with Gasteiger partial charge < -0.3 is 10.0 Å². The van der Waals surface area contributed by atoms with E-state index in [1.807, 2.05) is 45.0 Å². The summed E-state index contributed by atoms with van der Waals surface area (Å²) in [5, 5.41) is 9.58. The Labute approximate surface area is 133 Å². The van der Waals surface area contributed by atoms with E-state index in [1.165, 1.54) is 0 Å². The minimum absolute atomic E-state index is 0.0146. The largest absolute Gasteiger partial charge is 0.481 e. The molecule has 1 heterocycles. The van der Waals surface area contributed by atoms with Crippen LogP contribution < -0.4 is 0 Å². The number of carbonyl (C=O) groups is 2. The summed E-state index contributed by atoms with van der Waals surface area (Å²) in [4.78, 5) is 25.8. The van der Waals surface area contributed by atoms with Gasteiger partial charge in [0.2, 0.25) is 5.91 Å². The number of aliphatic carboxylic acids is 1. The number of benzene rings is 1. The summed E-state index contributed by atoms with van der Waals surface area (Å²) >= 11 is 3.49. The maximum absolute atomic E-state index is 12.4. The highest BCUT2D eigenvalue weighted by Crippen LogP contribution is 2.43. The SMILES string of the molecule is CC(C)(C)N1C(=O)CCC(C(=O)O)C1c1ccccc1Br. The molecule has 1 saturated heterocycles. The van der Waals surface area contributed by atoms with E-state index in [-0.39, 0.29) is 12.3 Å². The molecule has 1 amide bonds. The van der Waals surface area contributed by atoms with Gasteiger partial charge in [-0.2, -0.15) is 0 Å². The molecule has 1 N–H and O–H groups in total. The van der Waals surface area contributed by atoms with Crippen LogP contribution in [-0.2, 0) is 9.59 Å². The number of likely N-dealkylation sites (tertiary alicyclic amines) is 1. The first kappa shape index (κ1) is 16.0. The fourth-order valence-corrected chi connectivity index (χ4v) is 3.53. The highest BCUT2D eigenvalue weighted by molar-refractivity contribution is 9.10. The predicted molar refractivity (Wildman–Crippen MR) is 83.8 cm³/mol. The van der Waals surface area contributed by atoms with Crippen molar-refractivity contribution in [3.05, 3.63) is 34.3 Å². The smallest absolute Gasteiger partial charge is 0.308 e. The second-order valence-electron chi connectivity index (χ2n) is 6.38. The minimum atomic E-state index is -0.850. The Morgan fingerprint density at radius 2 is 1.95 bits per heavy atom. The fourth-order valence-electron chi connectivity index (χ4n) is 3.01. The van der Waals surface area contributed by atoms with Gasteiger partial charge in [-0.25, -0.2) is 0 Å². The first-order chi connectivity index (χ1) is 9.73. The maximum atomic E-state index is 12.4. The van der Waals surface area contributed by atoms with Gasteiger partial charge in [0.25, 0.3) is 0 Å². The number of rotatable bonds is 2. The van der Waals surface area contributed by atoms with Gasteiger partial charge >= 0.3 is 5.97 Å². The van der Waals surface area contributed by atoms with Crippen LogP contribution in [0.1, 0.15) is 45.2 Å². The molecule has 114 valence electrons. The highest BCUT2D eigenvalue weighted by atomic mass is 79.9. The van der Waals surface area contributed by atoms with Gasteiger partial charge in [0.05, 0.1) is 12.0 Å². The summed E-state index contributed by atoms with van der Waals surface area (Å²) in [6.07, 6.45) is 0.669. The Balaban J connectivity index is 2.58. The normalized spacial score (nSPS) is 23.2. The van der Waals surface area contributed by atoms with E-state index in [0.717, 1.165) is 10.0 Å². The lowest BCUT2D eigenvalue weighted by Crippen LogP contribution is -2.53. The molecule has 0 bridgehead atoms. The quantitative estimate of drug-likeness (QED) is 0.883. The van der Waals surface area contributed by atoms with E-state index in [2.05, 4.69) is 15.9 Å². The summed E-state index contributed by atoms with van der Waals surface area (Å²) in [5.41, 5.74) is 0.429. The van der Waals surface area contributed by atoms with Crippen molar-refractivity contribution < 1.29 is 14.7 Å². The molecular formula is C16H20BrNO3. The van der Waals surface area contributed by atoms with E-state index < -0.39 is 23.5 Å². The topological polar surface area (TPSA) is 57.6 Å². The number of hydrogen-bond donors (Lipinski definition) is 1. The molecule has 2 atom stereocenters. The summed E-state index contributed by atoms with van der Waals surface area (Å²) in [6, 6.07) is 7.09. The zero-order valence-corrected chi connectivity index (χ0v) is 14.1. The number of nitrogens with zero attached hydrogens (tertiary/aromatic N) is 1. The first-order valence-corrected chi connectivity index (χ1v) is 7.82. The maximum Gasteiger partial charge on any atom is 0.308 e. The molecule has 21 heavy (non-hydrogen) atoms. The third-order valence-electron chi connectivity index (χ3n) is 3.86. The number of hydrogen-bond acceptors (Lipinski definition) is 2. The van der Waals surface area contributed by atoms with E-state index in [9.17, 15) is 14.7 Å². The van der Waals surface area contributed by atoms with Crippen LogP contribution in [0.5, 0.6) is 0 Å². The summed E-state index contributed by atoms with van der Waals surface area (Å²) in [5.74, 6) is -1.42. The number of halogens is 1. The predicted octanol–water partition coefficient (Wildman–Crippen LogP) is 3.61. The van der Waals surface area contributed by atoms with Crippen molar-refractivity contribution >= 4 is 27.8 Å². The number of carbonyl (C=O) groups excluding carboxylic acids is 1. The zero-order valence-electron chi connectivity index (χ0n) is 12.5. The van der Waals surface area contributed by atoms with Crippen molar-refractivity contribution in [3.8, 4) is 0 Å². The van der Waals surface area contributed by atoms with Crippen molar-refractivity contribution in [2.45, 2.75) is 45.2 Å². The first-order valence-electron chi connectivity index (χ1n) is 7.03. The molecule has 4 nitrogen and oxygen atoms in total. The van der Waals surface area contributed by atoms with Crippen LogP contribution in [0.2, 0.25) is 0 Å². The molecule has 0 aromatic heterocycles. The third-order valence-corrected chi connectivity index (χ3v) is 4.58. The molecule has 1 aliphatic heterocycles. The monoisotopic (exact) mass is 353 g/mol. The Morgan fingerprint density at radius 3 is 2.48 bits per heavy atom. The van der Waals surface area contributed by atoms with Crippen LogP contribution in [-0.4, -0.2) is 27.4 Å². The molecule has 0 radical (unpaired) electrons. The number of amides is 1. The molecule has 0 saturated carbocycles. The van der Waals surface area contributed by atoms with Crippen molar-refractivity contribution in [2.75, 3.05) is 0 Å². The lowest BCUT2D eigenvalue weighted by atomic mass is 9.81. The second kappa shape index (κ2) is 5.79. The molecular weight excluding hydrogens is 334 g/mol. The van der Waals surface area contributed by atoms with E-state index >= 15 is 0 Å². The minimum Gasteiger partial charge on any atom is -0.481 e. The zero-order chi connectivity index (χ0) is 15.8. The van der Waals surface area contributed by atoms with Gasteiger partial charge in [-0.3, -0.25) is 9.59 Å². The van der Waals surface area contributed by atoms with Gasteiger partial charge in [0.15, 0.2) is 0 Å². The number of piperidine rings is 1. The lowest BCUT2D eigenvalue weighted by Gasteiger charge is -2.47. The molecule has 1 fully saturated rings. The van der Waals surface area contributed by atoms with Crippen LogP contribution >= 0.6 is 15.9 Å². The van der Waals surface area contributed by atoms with E-state index in [4.69, 9.17) is 0 Å². The van der Waals surface area contributed by atoms with Crippen molar-refractivity contribution in [1.29, 1.82) is 0 Å². The second-order valence-corrected chi connectivity index (χ2v) is 7.24. The average molecular weight is 354 g/mol. The van der Waals surface area contributed by atoms with Crippen molar-refractivity contribution in [1.82, 2.24) is 4.90 Å². The average Bonchev–Trinajstić information content (AvgIpc) is 2.37. The highest BCUT2D eigenvalue weighted by Gasteiger charge is 2.45. The van der Waals surface area contributed by atoms with Crippen molar-refractivity contribution in [2.24, 2.45) is 5.92 Å². The molecule has 2 rings (SSSR count). The van der Waals surface area contributed by atoms with Gasteiger partial charge in [-0.15, -0.1) is 0 Å². The standard InChI is InChI=1S/C16H20BrNO3/c1-16(2,3)18-13(19)9-8-11(15(20)21)14(18)10-6-4-5-7-12(10)17/h4-7,11,14H,8-9H2,1-3H3,(H,20,21). The van der Waals surface area contributed by atoms with Crippen molar-refractivity contribution in [3.63, 3.8) is 0 Å². The molecule has 2 unspecified atom stereocenters. The molecule has 1 aliphatic rings. The molecule has 0 aliphatic carbocycles. The van der Waals surface area contributed by atoms with Crippen LogP contribution in [0.3, 0.4) is 0 Å². The van der Waals surface area contributed by atoms with E-state index in [1.54, 1.807) is 4.90 Å². The van der Waals surface area contributed by atoms with Crippen LogP contribution in [0, 0.1) is 5.92 Å². The van der Waals surface area contributed by atoms with Gasteiger partial charge in [-0.1, -0.05) is 34.1 Å². The molecule has 0 spiro atoms. The Morgan fingerprint density at radius 1 is 1.33 bits per heavy atom. The van der Waals surface area contributed by atoms with Gasteiger partial charge in [0, 0.05) is 16.4 Å². The molecule has 1 aromatic rings. The van der Waals surface area contributed by atoms with Gasteiger partial charge in [-0.05, 0) is 38.8 Å². The molecule has 1 aromatic carbocycles. The van der Waals surface area contributed by atoms with E-state index in [0.29, 0.717) is 6.42 Å². The Bertz CT molecular complexity index is 565. The molecule has 5 heteroatoms. The number of carboxylic acids is 1. The number of carboxylic acid groups (broad SMARTS) is 1. The van der Waals surface area contributed by atoms with Crippen LogP contribution in [0.15, 0.2) is 28.7 Å². The Hall–Kier alpha value is -1.36. The summed E-state index contributed by atoms with van der Waals surface area (Å²) in [6.45, 7) is 5.83. The fraction of sp³-hybridized carbons (Fsp3) is 0.500. The van der Waals surface area contributed by atoms with Crippen LogP contribution in [0.4, 0.5) is 0 Å². The summed E-state index contributed by atoms with van der Waals surface area (Å²) in [7, 11) is 0. The van der Waals surface area contributed by atoms with Crippen LogP contribution in [0.25, 0.3) is 0 Å². The summed E-state index contributed by atoms with van der Waals surface area (Å²) < 4.78 is 0.838. The lowest BCUT2D eigenvalue weighted by molar-refractivity contribution is -0.156. The van der Waals surface area contributed by atoms with Gasteiger partial charge in [0.1, 0.15) is 0 Å². The Kier molecular flexibility index (Phi) is 4.42. The third kappa shape index (κ3) is 3.12.